The van der Waals surface area contributed by atoms with Crippen molar-refractivity contribution >= 4 is 23.1 Å². The summed E-state index contributed by atoms with van der Waals surface area (Å²) < 4.78 is 5.50. The summed E-state index contributed by atoms with van der Waals surface area (Å²) in [6.45, 7) is 3.99. The van der Waals surface area contributed by atoms with Crippen LogP contribution >= 0.6 is 0 Å². The fourth-order valence-corrected chi connectivity index (χ4v) is 3.82. The zero-order valence-corrected chi connectivity index (χ0v) is 16.2. The average Bonchev–Trinajstić information content (AvgIpc) is 3.35. The summed E-state index contributed by atoms with van der Waals surface area (Å²) in [6.07, 6.45) is 2.00. The summed E-state index contributed by atoms with van der Waals surface area (Å²) >= 11 is 0. The van der Waals surface area contributed by atoms with Crippen LogP contribution in [0.15, 0.2) is 54.2 Å². The quantitative estimate of drug-likeness (QED) is 0.736. The predicted molar refractivity (Wildman–Crippen MR) is 109 cm³/mol. The molecule has 2 aliphatic rings. The summed E-state index contributed by atoms with van der Waals surface area (Å²) in [6, 6.07) is 15.8. The number of rotatable bonds is 5. The largest absolute Gasteiger partial charge is 0.494 e. The SMILES string of the molecule is CCOc1ccc(C2=C(N3CCCC3)C(=O)N(c3ccc(C#N)cc3)C2=O)cc1. The smallest absolute Gasteiger partial charge is 0.282 e. The van der Waals surface area contributed by atoms with Gasteiger partial charge in [0.05, 0.1) is 29.5 Å². The number of nitrogens with zero attached hydrogens (tertiary/aromatic N) is 3. The lowest BCUT2D eigenvalue weighted by atomic mass is 10.0. The molecular formula is C23H21N3O3. The molecule has 2 aromatic carbocycles. The van der Waals surface area contributed by atoms with E-state index < -0.39 is 0 Å². The second-order valence-electron chi connectivity index (χ2n) is 6.98. The van der Waals surface area contributed by atoms with Gasteiger partial charge in [-0.2, -0.15) is 5.26 Å². The van der Waals surface area contributed by atoms with Crippen LogP contribution in [0.1, 0.15) is 30.9 Å². The first-order chi connectivity index (χ1) is 14.1. The maximum atomic E-state index is 13.4. The normalized spacial score (nSPS) is 16.6. The zero-order chi connectivity index (χ0) is 20.4. The van der Waals surface area contributed by atoms with Crippen molar-refractivity contribution in [3.8, 4) is 11.8 Å². The first-order valence-electron chi connectivity index (χ1n) is 9.75. The van der Waals surface area contributed by atoms with E-state index in [2.05, 4.69) is 6.07 Å². The van der Waals surface area contributed by atoms with Gasteiger partial charge in [-0.25, -0.2) is 4.90 Å². The second-order valence-corrected chi connectivity index (χ2v) is 6.98. The molecule has 0 saturated carbocycles. The Morgan fingerprint density at radius 2 is 1.62 bits per heavy atom. The third-order valence-electron chi connectivity index (χ3n) is 5.19. The van der Waals surface area contributed by atoms with Crippen LogP contribution < -0.4 is 9.64 Å². The molecule has 2 heterocycles. The number of benzene rings is 2. The minimum absolute atomic E-state index is 0.314. The maximum Gasteiger partial charge on any atom is 0.282 e. The van der Waals surface area contributed by atoms with Crippen molar-refractivity contribution in [2.45, 2.75) is 19.8 Å². The summed E-state index contributed by atoms with van der Waals surface area (Å²) in [5, 5.41) is 9.01. The van der Waals surface area contributed by atoms with Crippen molar-refractivity contribution in [3.63, 3.8) is 0 Å². The molecule has 6 nitrogen and oxygen atoms in total. The van der Waals surface area contributed by atoms with E-state index in [0.717, 1.165) is 31.7 Å². The van der Waals surface area contributed by atoms with Crippen LogP contribution in [0.5, 0.6) is 5.75 Å². The molecule has 146 valence electrons. The van der Waals surface area contributed by atoms with Crippen LogP contribution in [0, 0.1) is 11.3 Å². The lowest BCUT2D eigenvalue weighted by Crippen LogP contribution is -2.34. The zero-order valence-electron chi connectivity index (χ0n) is 16.2. The number of hydrogen-bond acceptors (Lipinski definition) is 5. The van der Waals surface area contributed by atoms with Crippen LogP contribution in [0.4, 0.5) is 5.69 Å². The Kier molecular flexibility index (Phi) is 5.05. The van der Waals surface area contributed by atoms with Gasteiger partial charge in [-0.05, 0) is 61.7 Å². The van der Waals surface area contributed by atoms with Gasteiger partial charge in [0.2, 0.25) is 0 Å². The van der Waals surface area contributed by atoms with Crippen molar-refractivity contribution in [3.05, 3.63) is 65.4 Å². The van der Waals surface area contributed by atoms with E-state index in [1.807, 2.05) is 36.1 Å². The molecule has 0 spiro atoms. The van der Waals surface area contributed by atoms with E-state index in [4.69, 9.17) is 10.00 Å². The molecule has 1 saturated heterocycles. The van der Waals surface area contributed by atoms with Crippen molar-refractivity contribution in [2.24, 2.45) is 0 Å². The molecule has 0 N–H and O–H groups in total. The monoisotopic (exact) mass is 387 g/mol. The molecule has 4 rings (SSSR count). The molecule has 0 bridgehead atoms. The van der Waals surface area contributed by atoms with Crippen LogP contribution in [-0.2, 0) is 9.59 Å². The van der Waals surface area contributed by atoms with E-state index >= 15 is 0 Å². The molecule has 2 aliphatic heterocycles. The number of anilines is 1. The fourth-order valence-electron chi connectivity index (χ4n) is 3.82. The van der Waals surface area contributed by atoms with Gasteiger partial charge in [0, 0.05) is 13.1 Å². The lowest BCUT2D eigenvalue weighted by molar-refractivity contribution is -0.120. The highest BCUT2D eigenvalue weighted by Gasteiger charge is 2.42. The second kappa shape index (κ2) is 7.80. The minimum atomic E-state index is -0.342. The molecule has 0 aromatic heterocycles. The number of hydrogen-bond donors (Lipinski definition) is 0. The van der Waals surface area contributed by atoms with Gasteiger partial charge in [0.25, 0.3) is 11.8 Å². The highest BCUT2D eigenvalue weighted by molar-refractivity contribution is 6.45. The number of likely N-dealkylation sites (tertiary alicyclic amines) is 1. The van der Waals surface area contributed by atoms with Crippen LogP contribution in [0.3, 0.4) is 0 Å². The van der Waals surface area contributed by atoms with Crippen LogP contribution in [-0.4, -0.2) is 36.4 Å². The highest BCUT2D eigenvalue weighted by Crippen LogP contribution is 2.36. The Labute approximate surface area is 169 Å². The molecule has 0 aliphatic carbocycles. The van der Waals surface area contributed by atoms with Gasteiger partial charge in [0.1, 0.15) is 11.4 Å². The van der Waals surface area contributed by atoms with Gasteiger partial charge in [-0.1, -0.05) is 12.1 Å². The lowest BCUT2D eigenvalue weighted by Gasteiger charge is -2.20. The fraction of sp³-hybridized carbons (Fsp3) is 0.261. The Morgan fingerprint density at radius 1 is 0.966 bits per heavy atom. The number of imide groups is 1. The van der Waals surface area contributed by atoms with E-state index in [1.165, 1.54) is 4.90 Å². The van der Waals surface area contributed by atoms with Crippen molar-refractivity contribution in [2.75, 3.05) is 24.6 Å². The molecule has 2 amide bonds. The van der Waals surface area contributed by atoms with Gasteiger partial charge < -0.3 is 9.64 Å². The van der Waals surface area contributed by atoms with E-state index in [0.29, 0.717) is 34.7 Å². The third-order valence-corrected chi connectivity index (χ3v) is 5.19. The molecule has 2 aromatic rings. The van der Waals surface area contributed by atoms with Gasteiger partial charge >= 0.3 is 0 Å². The number of ether oxygens (including phenoxy) is 1. The van der Waals surface area contributed by atoms with E-state index in [9.17, 15) is 9.59 Å². The molecule has 6 heteroatoms. The van der Waals surface area contributed by atoms with Crippen molar-refractivity contribution in [1.29, 1.82) is 5.26 Å². The Hall–Kier alpha value is -3.59. The van der Waals surface area contributed by atoms with Gasteiger partial charge in [-0.15, -0.1) is 0 Å². The minimum Gasteiger partial charge on any atom is -0.494 e. The number of carbonyl (C=O) groups excluding carboxylic acids is 2. The van der Waals surface area contributed by atoms with Gasteiger partial charge in [-0.3, -0.25) is 9.59 Å². The Bertz CT molecular complexity index is 1010. The van der Waals surface area contributed by atoms with Crippen molar-refractivity contribution < 1.29 is 14.3 Å². The molecule has 0 unspecified atom stereocenters. The predicted octanol–water partition coefficient (Wildman–Crippen LogP) is 3.34. The topological polar surface area (TPSA) is 73.6 Å². The summed E-state index contributed by atoms with van der Waals surface area (Å²) in [4.78, 5) is 29.9. The molecule has 0 radical (unpaired) electrons. The standard InChI is InChI=1S/C23H21N3O3/c1-2-29-19-11-7-17(8-12-19)20-21(25-13-3-4-14-25)23(28)26(22(20)27)18-9-5-16(15-24)6-10-18/h5-12H,2-4,13-14H2,1H3. The molecule has 0 atom stereocenters. The van der Waals surface area contributed by atoms with E-state index in [-0.39, 0.29) is 11.8 Å². The summed E-state index contributed by atoms with van der Waals surface area (Å²) in [5.74, 6) is 0.0663. The van der Waals surface area contributed by atoms with Crippen molar-refractivity contribution in [1.82, 2.24) is 4.90 Å². The number of carbonyl (C=O) groups is 2. The Balaban J connectivity index is 1.76. The highest BCUT2D eigenvalue weighted by atomic mass is 16.5. The number of nitriles is 1. The maximum absolute atomic E-state index is 13.4. The first kappa shape index (κ1) is 18.8. The summed E-state index contributed by atoms with van der Waals surface area (Å²) in [7, 11) is 0. The molecule has 1 fully saturated rings. The number of amides is 2. The first-order valence-corrected chi connectivity index (χ1v) is 9.75. The van der Waals surface area contributed by atoms with E-state index in [1.54, 1.807) is 24.3 Å². The Morgan fingerprint density at radius 3 is 2.21 bits per heavy atom. The summed E-state index contributed by atoms with van der Waals surface area (Å²) in [5.41, 5.74) is 2.53. The average molecular weight is 387 g/mol. The molecule has 29 heavy (non-hydrogen) atoms. The van der Waals surface area contributed by atoms with Crippen LogP contribution in [0.2, 0.25) is 0 Å². The molecular weight excluding hydrogens is 366 g/mol. The third kappa shape index (κ3) is 3.36. The van der Waals surface area contributed by atoms with Crippen LogP contribution in [0.25, 0.3) is 5.57 Å². The van der Waals surface area contributed by atoms with Gasteiger partial charge in [0.15, 0.2) is 0 Å².